The van der Waals surface area contributed by atoms with Gasteiger partial charge in [-0.05, 0) is 55.6 Å². The molecule has 0 aliphatic carbocycles. The van der Waals surface area contributed by atoms with Crippen molar-refractivity contribution < 1.29 is 4.42 Å². The highest BCUT2D eigenvalue weighted by atomic mass is 16.3. The number of rotatable bonds is 6. The van der Waals surface area contributed by atoms with Crippen LogP contribution >= 0.6 is 0 Å². The van der Waals surface area contributed by atoms with E-state index in [0.717, 1.165) is 30.7 Å². The van der Waals surface area contributed by atoms with Crippen LogP contribution in [0.4, 0.5) is 5.82 Å². The van der Waals surface area contributed by atoms with Crippen LogP contribution in [0.3, 0.4) is 0 Å². The van der Waals surface area contributed by atoms with Gasteiger partial charge in [0.05, 0.1) is 12.3 Å². The molecule has 0 radical (unpaired) electrons. The Morgan fingerprint density at radius 2 is 2.26 bits per heavy atom. The molecular weight excluding hydrogens is 238 g/mol. The average molecular weight is 259 g/mol. The standard InChI is InChI=1S/C15H21N3O/c1-3-6-17-13(15-11(2)5-8-19-15)9-12-4-7-18-14(16)10-12/h4-5,7-8,10,13,17H,3,6,9H2,1-2H3,(H2,16,18). The first-order valence-electron chi connectivity index (χ1n) is 6.68. The van der Waals surface area contributed by atoms with E-state index in [9.17, 15) is 0 Å². The maximum Gasteiger partial charge on any atom is 0.123 e. The van der Waals surface area contributed by atoms with E-state index in [1.54, 1.807) is 12.5 Å². The molecule has 0 saturated carbocycles. The van der Waals surface area contributed by atoms with Gasteiger partial charge in [0.15, 0.2) is 0 Å². The summed E-state index contributed by atoms with van der Waals surface area (Å²) in [5, 5.41) is 3.53. The smallest absolute Gasteiger partial charge is 0.123 e. The Bertz CT molecular complexity index is 522. The minimum atomic E-state index is 0.178. The molecule has 0 saturated heterocycles. The second-order valence-electron chi connectivity index (χ2n) is 4.77. The molecule has 3 N–H and O–H groups in total. The minimum Gasteiger partial charge on any atom is -0.467 e. The van der Waals surface area contributed by atoms with Crippen molar-refractivity contribution in [3.63, 3.8) is 0 Å². The van der Waals surface area contributed by atoms with Crippen LogP contribution in [0, 0.1) is 6.92 Å². The molecular formula is C15H21N3O. The lowest BCUT2D eigenvalue weighted by molar-refractivity contribution is 0.408. The number of nitrogen functional groups attached to an aromatic ring is 1. The average Bonchev–Trinajstić information content (AvgIpc) is 2.81. The van der Waals surface area contributed by atoms with Crippen molar-refractivity contribution in [2.75, 3.05) is 12.3 Å². The molecule has 4 heteroatoms. The van der Waals surface area contributed by atoms with E-state index in [-0.39, 0.29) is 6.04 Å². The van der Waals surface area contributed by atoms with Gasteiger partial charge in [-0.3, -0.25) is 0 Å². The number of pyridine rings is 1. The summed E-state index contributed by atoms with van der Waals surface area (Å²) < 4.78 is 5.62. The van der Waals surface area contributed by atoms with Crippen molar-refractivity contribution in [3.8, 4) is 0 Å². The zero-order valence-corrected chi connectivity index (χ0v) is 11.5. The Labute approximate surface area is 114 Å². The van der Waals surface area contributed by atoms with Crippen molar-refractivity contribution in [1.82, 2.24) is 10.3 Å². The predicted molar refractivity (Wildman–Crippen MR) is 76.8 cm³/mol. The molecule has 0 aliphatic heterocycles. The van der Waals surface area contributed by atoms with E-state index in [0.29, 0.717) is 5.82 Å². The van der Waals surface area contributed by atoms with Crippen LogP contribution in [0.5, 0.6) is 0 Å². The van der Waals surface area contributed by atoms with Crippen molar-refractivity contribution in [3.05, 3.63) is 47.5 Å². The fourth-order valence-corrected chi connectivity index (χ4v) is 2.17. The molecule has 2 rings (SSSR count). The molecule has 1 atom stereocenters. The molecule has 0 spiro atoms. The lowest BCUT2D eigenvalue weighted by Crippen LogP contribution is -2.24. The predicted octanol–water partition coefficient (Wildman–Crippen LogP) is 2.85. The largest absolute Gasteiger partial charge is 0.467 e. The van der Waals surface area contributed by atoms with Crippen LogP contribution < -0.4 is 11.1 Å². The van der Waals surface area contributed by atoms with E-state index in [4.69, 9.17) is 10.2 Å². The highest BCUT2D eigenvalue weighted by Gasteiger charge is 2.17. The van der Waals surface area contributed by atoms with Crippen LogP contribution in [0.25, 0.3) is 0 Å². The van der Waals surface area contributed by atoms with Crippen LogP contribution in [0.2, 0.25) is 0 Å². The second-order valence-corrected chi connectivity index (χ2v) is 4.77. The van der Waals surface area contributed by atoms with E-state index in [2.05, 4.69) is 24.1 Å². The number of nitrogens with one attached hydrogen (secondary N) is 1. The zero-order chi connectivity index (χ0) is 13.7. The summed E-state index contributed by atoms with van der Waals surface area (Å²) in [7, 11) is 0. The molecule has 0 amide bonds. The van der Waals surface area contributed by atoms with E-state index < -0.39 is 0 Å². The monoisotopic (exact) mass is 259 g/mol. The molecule has 2 aromatic rings. The summed E-state index contributed by atoms with van der Waals surface area (Å²) in [6, 6.07) is 6.09. The third kappa shape index (κ3) is 3.58. The third-order valence-electron chi connectivity index (χ3n) is 3.14. The molecule has 102 valence electrons. The Morgan fingerprint density at radius 1 is 1.42 bits per heavy atom. The van der Waals surface area contributed by atoms with E-state index in [1.807, 2.05) is 18.2 Å². The van der Waals surface area contributed by atoms with Gasteiger partial charge in [-0.25, -0.2) is 4.98 Å². The molecule has 2 heterocycles. The van der Waals surface area contributed by atoms with Crippen LogP contribution in [0.15, 0.2) is 35.1 Å². The topological polar surface area (TPSA) is 64.1 Å². The number of hydrogen-bond donors (Lipinski definition) is 2. The van der Waals surface area contributed by atoms with Gasteiger partial charge in [0.1, 0.15) is 11.6 Å². The molecule has 0 aromatic carbocycles. The number of nitrogens with two attached hydrogens (primary N) is 1. The number of hydrogen-bond acceptors (Lipinski definition) is 4. The summed E-state index contributed by atoms with van der Waals surface area (Å²) in [6.07, 6.45) is 5.43. The molecule has 0 fully saturated rings. The van der Waals surface area contributed by atoms with Crippen molar-refractivity contribution in [2.45, 2.75) is 32.7 Å². The molecule has 2 aromatic heterocycles. The first kappa shape index (κ1) is 13.6. The maximum absolute atomic E-state index is 5.73. The Kier molecular flexibility index (Phi) is 4.58. The molecule has 19 heavy (non-hydrogen) atoms. The van der Waals surface area contributed by atoms with Crippen LogP contribution in [-0.4, -0.2) is 11.5 Å². The minimum absolute atomic E-state index is 0.178. The second kappa shape index (κ2) is 6.38. The van der Waals surface area contributed by atoms with Crippen molar-refractivity contribution in [2.24, 2.45) is 0 Å². The summed E-state index contributed by atoms with van der Waals surface area (Å²) in [6.45, 7) is 5.19. The SMILES string of the molecule is CCCNC(Cc1ccnc(N)c1)c1occc1C. The van der Waals surface area contributed by atoms with Crippen molar-refractivity contribution >= 4 is 5.82 Å². The van der Waals surface area contributed by atoms with E-state index in [1.165, 1.54) is 5.56 Å². The number of furan rings is 1. The van der Waals surface area contributed by atoms with Gasteiger partial charge in [-0.2, -0.15) is 0 Å². The van der Waals surface area contributed by atoms with Gasteiger partial charge in [0.25, 0.3) is 0 Å². The number of anilines is 1. The number of nitrogens with zero attached hydrogens (tertiary/aromatic N) is 1. The van der Waals surface area contributed by atoms with E-state index >= 15 is 0 Å². The molecule has 4 nitrogen and oxygen atoms in total. The normalized spacial score (nSPS) is 12.5. The third-order valence-corrected chi connectivity index (χ3v) is 3.14. The number of aromatic nitrogens is 1. The number of aryl methyl sites for hydroxylation is 1. The zero-order valence-electron chi connectivity index (χ0n) is 11.5. The molecule has 0 aliphatic rings. The summed E-state index contributed by atoms with van der Waals surface area (Å²) in [4.78, 5) is 4.02. The first-order valence-corrected chi connectivity index (χ1v) is 6.68. The quantitative estimate of drug-likeness (QED) is 0.837. The van der Waals surface area contributed by atoms with Crippen molar-refractivity contribution in [1.29, 1.82) is 0 Å². The van der Waals surface area contributed by atoms with Gasteiger partial charge < -0.3 is 15.5 Å². The lowest BCUT2D eigenvalue weighted by Gasteiger charge is -2.17. The fraction of sp³-hybridized carbons (Fsp3) is 0.400. The van der Waals surface area contributed by atoms with Crippen LogP contribution in [-0.2, 0) is 6.42 Å². The Morgan fingerprint density at radius 3 is 2.89 bits per heavy atom. The van der Waals surface area contributed by atoms with Gasteiger partial charge in [-0.15, -0.1) is 0 Å². The van der Waals surface area contributed by atoms with Crippen LogP contribution in [0.1, 0.15) is 36.3 Å². The Hall–Kier alpha value is -1.81. The van der Waals surface area contributed by atoms with Gasteiger partial charge in [0.2, 0.25) is 0 Å². The first-order chi connectivity index (χ1) is 9.20. The Balaban J connectivity index is 2.16. The molecule has 1 unspecified atom stereocenters. The summed E-state index contributed by atoms with van der Waals surface area (Å²) in [5.41, 5.74) is 8.07. The fourth-order valence-electron chi connectivity index (χ4n) is 2.17. The molecule has 0 bridgehead atoms. The lowest BCUT2D eigenvalue weighted by atomic mass is 10.0. The highest BCUT2D eigenvalue weighted by molar-refractivity contribution is 5.33. The highest BCUT2D eigenvalue weighted by Crippen LogP contribution is 2.23. The van der Waals surface area contributed by atoms with Gasteiger partial charge >= 0.3 is 0 Å². The van der Waals surface area contributed by atoms with Gasteiger partial charge in [0, 0.05) is 6.20 Å². The maximum atomic E-state index is 5.73. The summed E-state index contributed by atoms with van der Waals surface area (Å²) >= 11 is 0. The van der Waals surface area contributed by atoms with Gasteiger partial charge in [-0.1, -0.05) is 6.92 Å². The summed E-state index contributed by atoms with van der Waals surface area (Å²) in [5.74, 6) is 1.56.